The van der Waals surface area contributed by atoms with Gasteiger partial charge in [0.15, 0.2) is 0 Å². The van der Waals surface area contributed by atoms with E-state index in [0.29, 0.717) is 5.41 Å². The average molecular weight is 167 g/mol. The van der Waals surface area contributed by atoms with Gasteiger partial charge in [-0.05, 0) is 6.42 Å². The van der Waals surface area contributed by atoms with Gasteiger partial charge in [0.1, 0.15) is 12.7 Å². The van der Waals surface area contributed by atoms with Crippen LogP contribution in [0.4, 0.5) is 0 Å². The van der Waals surface area contributed by atoms with Crippen LogP contribution in [0.15, 0.2) is 12.7 Å². The van der Waals surface area contributed by atoms with Crippen molar-refractivity contribution in [2.45, 2.75) is 19.9 Å². The van der Waals surface area contributed by atoms with E-state index in [9.17, 15) is 0 Å². The third-order valence-corrected chi connectivity index (χ3v) is 2.53. The molecule has 1 aromatic rings. The molecule has 0 unspecified atom stereocenters. The molecule has 1 saturated heterocycles. The van der Waals surface area contributed by atoms with Crippen molar-refractivity contribution in [1.29, 1.82) is 0 Å². The summed E-state index contributed by atoms with van der Waals surface area (Å²) in [4.78, 5) is 3.91. The molecule has 1 aliphatic heterocycles. The van der Waals surface area contributed by atoms with Gasteiger partial charge in [-0.3, -0.25) is 4.68 Å². The number of aromatic nitrogens is 3. The van der Waals surface area contributed by atoms with Gasteiger partial charge in [-0.2, -0.15) is 5.10 Å². The summed E-state index contributed by atoms with van der Waals surface area (Å²) in [5.41, 5.74) is 0.327. The summed E-state index contributed by atoms with van der Waals surface area (Å²) < 4.78 is 7.10. The molecule has 0 amide bonds. The Balaban J connectivity index is 2.01. The summed E-state index contributed by atoms with van der Waals surface area (Å²) in [7, 11) is 0. The van der Waals surface area contributed by atoms with E-state index in [1.807, 2.05) is 4.68 Å². The summed E-state index contributed by atoms with van der Waals surface area (Å²) in [6.07, 6.45) is 4.48. The van der Waals surface area contributed by atoms with Crippen molar-refractivity contribution in [2.75, 3.05) is 13.2 Å². The van der Waals surface area contributed by atoms with Crippen LogP contribution >= 0.6 is 0 Å². The summed E-state index contributed by atoms with van der Waals surface area (Å²) in [5.74, 6) is 0. The highest BCUT2D eigenvalue weighted by Crippen LogP contribution is 2.32. The third-order valence-electron chi connectivity index (χ3n) is 2.53. The second kappa shape index (κ2) is 2.86. The summed E-state index contributed by atoms with van der Waals surface area (Å²) in [6, 6.07) is 0. The van der Waals surface area contributed by atoms with Crippen LogP contribution in [0.3, 0.4) is 0 Å². The zero-order valence-corrected chi connectivity index (χ0v) is 7.23. The Morgan fingerprint density at radius 3 is 2.83 bits per heavy atom. The highest BCUT2D eigenvalue weighted by molar-refractivity contribution is 4.84. The number of rotatable bonds is 3. The highest BCUT2D eigenvalue weighted by Gasteiger charge is 2.37. The maximum atomic E-state index is 5.22. The molecule has 4 heteroatoms. The van der Waals surface area contributed by atoms with E-state index in [-0.39, 0.29) is 0 Å². The minimum absolute atomic E-state index is 0.327. The third kappa shape index (κ3) is 1.22. The molecule has 0 aliphatic carbocycles. The van der Waals surface area contributed by atoms with Crippen molar-refractivity contribution in [1.82, 2.24) is 14.8 Å². The number of ether oxygens (including phenoxy) is 1. The fourth-order valence-corrected chi connectivity index (χ4v) is 1.46. The molecule has 2 rings (SSSR count). The number of hydrogen-bond donors (Lipinski definition) is 0. The molecule has 0 spiro atoms. The van der Waals surface area contributed by atoms with Gasteiger partial charge in [0, 0.05) is 5.41 Å². The molecule has 2 heterocycles. The smallest absolute Gasteiger partial charge is 0.137 e. The number of hydrogen-bond acceptors (Lipinski definition) is 3. The molecule has 0 N–H and O–H groups in total. The SMILES string of the molecule is CCC1(Cn2cncn2)COC1. The fraction of sp³-hybridized carbons (Fsp3) is 0.750. The largest absolute Gasteiger partial charge is 0.380 e. The lowest BCUT2D eigenvalue weighted by atomic mass is 9.83. The van der Waals surface area contributed by atoms with Crippen LogP contribution in [-0.2, 0) is 11.3 Å². The van der Waals surface area contributed by atoms with Crippen LogP contribution in [0.25, 0.3) is 0 Å². The lowest BCUT2D eigenvalue weighted by molar-refractivity contribution is -0.125. The van der Waals surface area contributed by atoms with E-state index in [1.165, 1.54) is 0 Å². The second-order valence-electron chi connectivity index (χ2n) is 3.44. The normalized spacial score (nSPS) is 20.4. The molecule has 12 heavy (non-hydrogen) atoms. The van der Waals surface area contributed by atoms with Gasteiger partial charge < -0.3 is 4.74 Å². The van der Waals surface area contributed by atoms with Crippen molar-refractivity contribution < 1.29 is 4.74 Å². The summed E-state index contributed by atoms with van der Waals surface area (Å²) in [6.45, 7) is 4.86. The quantitative estimate of drug-likeness (QED) is 0.665. The zero-order valence-electron chi connectivity index (χ0n) is 7.23. The Morgan fingerprint density at radius 2 is 2.42 bits per heavy atom. The first-order chi connectivity index (χ1) is 5.85. The van der Waals surface area contributed by atoms with Gasteiger partial charge in [-0.1, -0.05) is 6.92 Å². The first kappa shape index (κ1) is 7.73. The van der Waals surface area contributed by atoms with E-state index >= 15 is 0 Å². The molecular formula is C8H13N3O. The van der Waals surface area contributed by atoms with Crippen LogP contribution < -0.4 is 0 Å². The molecule has 1 aromatic heterocycles. The van der Waals surface area contributed by atoms with Crippen LogP contribution in [0.2, 0.25) is 0 Å². The lowest BCUT2D eigenvalue weighted by Gasteiger charge is -2.40. The van der Waals surface area contributed by atoms with Crippen molar-refractivity contribution in [3.05, 3.63) is 12.7 Å². The Hall–Kier alpha value is -0.900. The van der Waals surface area contributed by atoms with E-state index in [0.717, 1.165) is 26.2 Å². The lowest BCUT2D eigenvalue weighted by Crippen LogP contribution is -2.45. The predicted octanol–water partition coefficient (Wildman–Crippen LogP) is 0.705. The molecule has 4 nitrogen and oxygen atoms in total. The molecule has 0 aromatic carbocycles. The number of nitrogens with zero attached hydrogens (tertiary/aromatic N) is 3. The van der Waals surface area contributed by atoms with E-state index in [1.54, 1.807) is 12.7 Å². The standard InChI is InChI=1S/C8H13N3O/c1-2-8(4-12-5-8)3-11-7-9-6-10-11/h6-7H,2-5H2,1H3. The monoisotopic (exact) mass is 167 g/mol. The van der Waals surface area contributed by atoms with Crippen molar-refractivity contribution in [3.63, 3.8) is 0 Å². The molecule has 0 saturated carbocycles. The molecule has 0 atom stereocenters. The second-order valence-corrected chi connectivity index (χ2v) is 3.44. The first-order valence-corrected chi connectivity index (χ1v) is 4.25. The van der Waals surface area contributed by atoms with Gasteiger partial charge >= 0.3 is 0 Å². The summed E-state index contributed by atoms with van der Waals surface area (Å²) >= 11 is 0. The van der Waals surface area contributed by atoms with Gasteiger partial charge in [-0.25, -0.2) is 4.98 Å². The Labute approximate surface area is 71.6 Å². The van der Waals surface area contributed by atoms with Crippen LogP contribution in [0, 0.1) is 5.41 Å². The summed E-state index contributed by atoms with van der Waals surface area (Å²) in [5, 5.41) is 4.08. The van der Waals surface area contributed by atoms with Gasteiger partial charge in [0.2, 0.25) is 0 Å². The maximum Gasteiger partial charge on any atom is 0.137 e. The Morgan fingerprint density at radius 1 is 1.58 bits per heavy atom. The zero-order chi connectivity index (χ0) is 8.44. The van der Waals surface area contributed by atoms with E-state index in [2.05, 4.69) is 17.0 Å². The fourth-order valence-electron chi connectivity index (χ4n) is 1.46. The molecule has 66 valence electrons. The highest BCUT2D eigenvalue weighted by atomic mass is 16.5. The van der Waals surface area contributed by atoms with Crippen molar-refractivity contribution in [3.8, 4) is 0 Å². The predicted molar refractivity (Wildman–Crippen MR) is 43.6 cm³/mol. The van der Waals surface area contributed by atoms with E-state index in [4.69, 9.17) is 4.74 Å². The van der Waals surface area contributed by atoms with Crippen LogP contribution in [0.5, 0.6) is 0 Å². The molecule has 0 bridgehead atoms. The van der Waals surface area contributed by atoms with Crippen molar-refractivity contribution >= 4 is 0 Å². The Kier molecular flexibility index (Phi) is 1.84. The average Bonchev–Trinajstić information content (AvgIpc) is 2.49. The minimum Gasteiger partial charge on any atom is -0.380 e. The molecule has 1 fully saturated rings. The van der Waals surface area contributed by atoms with Gasteiger partial charge in [-0.15, -0.1) is 0 Å². The Bertz CT molecular complexity index is 235. The molecular weight excluding hydrogens is 154 g/mol. The molecule has 1 aliphatic rings. The molecule has 0 radical (unpaired) electrons. The van der Waals surface area contributed by atoms with Crippen LogP contribution in [0.1, 0.15) is 13.3 Å². The van der Waals surface area contributed by atoms with E-state index < -0.39 is 0 Å². The van der Waals surface area contributed by atoms with Gasteiger partial charge in [0.25, 0.3) is 0 Å². The van der Waals surface area contributed by atoms with Gasteiger partial charge in [0.05, 0.1) is 19.8 Å². The minimum atomic E-state index is 0.327. The first-order valence-electron chi connectivity index (χ1n) is 4.25. The van der Waals surface area contributed by atoms with Crippen LogP contribution in [-0.4, -0.2) is 28.0 Å². The topological polar surface area (TPSA) is 39.9 Å². The maximum absolute atomic E-state index is 5.22. The van der Waals surface area contributed by atoms with Crippen molar-refractivity contribution in [2.24, 2.45) is 5.41 Å².